The minimum atomic E-state index is -0.592. The quantitative estimate of drug-likeness (QED) is 0.643. The van der Waals surface area contributed by atoms with Crippen molar-refractivity contribution in [2.75, 3.05) is 20.4 Å². The van der Waals surface area contributed by atoms with Crippen molar-refractivity contribution >= 4 is 12.3 Å². The van der Waals surface area contributed by atoms with E-state index in [4.69, 9.17) is 14.2 Å². The molecule has 0 aromatic heterocycles. The van der Waals surface area contributed by atoms with E-state index in [1.807, 2.05) is 24.4 Å². The summed E-state index contributed by atoms with van der Waals surface area (Å²) in [4.78, 5) is 1.09. The molecule has 3 N–H and O–H groups in total. The number of ether oxygens (including phenoxy) is 3. The summed E-state index contributed by atoms with van der Waals surface area (Å²) in [5.41, 5.74) is 1.92. The number of phenols is 1. The van der Waals surface area contributed by atoms with E-state index in [1.165, 1.54) is 0 Å². The molecule has 0 amide bonds. The summed E-state index contributed by atoms with van der Waals surface area (Å²) in [5.74, 6) is 1.98. The summed E-state index contributed by atoms with van der Waals surface area (Å²) < 4.78 is 16.3. The second kappa shape index (κ2) is 5.15. The van der Waals surface area contributed by atoms with Crippen molar-refractivity contribution in [1.29, 1.82) is 0 Å². The first kappa shape index (κ1) is 14.6. The van der Waals surface area contributed by atoms with Crippen LogP contribution in [0.5, 0.6) is 23.0 Å². The predicted octanol–water partition coefficient (Wildman–Crippen LogP) is -0.665. The van der Waals surface area contributed by atoms with Gasteiger partial charge in [0.25, 0.3) is 0 Å². The number of aliphatic hydroxyl groups excluding tert-OH is 1. The molecule has 128 valence electrons. The molecule has 6 nitrogen and oxygen atoms in total. The number of hydrogen-bond donors (Lipinski definition) is 3. The van der Waals surface area contributed by atoms with Crippen LogP contribution < -0.4 is 29.5 Å². The van der Waals surface area contributed by atoms with Crippen molar-refractivity contribution in [2.24, 2.45) is 0 Å². The first-order valence-corrected chi connectivity index (χ1v) is 8.22. The summed E-state index contributed by atoms with van der Waals surface area (Å²) in [6.07, 6.45) is 3.58. The van der Waals surface area contributed by atoms with E-state index in [2.05, 4.69) is 6.08 Å². The van der Waals surface area contributed by atoms with Crippen LogP contribution in [0.15, 0.2) is 24.3 Å². The Bertz CT molecular complexity index is 1000. The summed E-state index contributed by atoms with van der Waals surface area (Å²) in [6, 6.07) is 7.45. The molecule has 0 saturated carbocycles. The van der Waals surface area contributed by atoms with Crippen LogP contribution in [-0.4, -0.2) is 30.7 Å². The topological polar surface area (TPSA) is 72.6 Å². The highest BCUT2D eigenvalue weighted by Crippen LogP contribution is 2.40. The molecule has 0 aliphatic carbocycles. The molecule has 0 saturated heterocycles. The third-order valence-electron chi connectivity index (χ3n) is 5.19. The van der Waals surface area contributed by atoms with E-state index in [0.29, 0.717) is 18.0 Å². The molecular weight excluding hydrogens is 322 g/mol. The van der Waals surface area contributed by atoms with Crippen LogP contribution in [0.3, 0.4) is 0 Å². The lowest BCUT2D eigenvalue weighted by molar-refractivity contribution is -0.849. The van der Waals surface area contributed by atoms with Crippen LogP contribution in [0, 0.1) is 0 Å². The maximum atomic E-state index is 10.6. The van der Waals surface area contributed by atoms with Gasteiger partial charge < -0.3 is 24.4 Å². The van der Waals surface area contributed by atoms with Gasteiger partial charge in [-0.3, -0.25) is 4.90 Å². The molecule has 0 radical (unpaired) electrons. The maximum Gasteiger partial charge on any atom is 0.231 e. The van der Waals surface area contributed by atoms with Crippen LogP contribution in [-0.2, 0) is 0 Å². The number of benzene rings is 2. The van der Waals surface area contributed by atoms with Crippen molar-refractivity contribution in [2.45, 2.75) is 12.1 Å². The van der Waals surface area contributed by atoms with E-state index in [9.17, 15) is 10.2 Å². The standard InChI is InChI=1S/C19H17NO5/c1-23-19-13-7-20-8-16(22)12-6-18-17(24-9-25-18)5-11(12)14(20)4-10(13)2-3-15(19)21/h2-7,14,16,21-22H,8-9H2,1H3/p+1. The zero-order valence-corrected chi connectivity index (χ0v) is 13.7. The Hall–Kier alpha value is -2.70. The van der Waals surface area contributed by atoms with Crippen LogP contribution in [0.25, 0.3) is 12.3 Å². The third-order valence-corrected chi connectivity index (χ3v) is 5.19. The van der Waals surface area contributed by atoms with Gasteiger partial charge in [-0.25, -0.2) is 0 Å². The molecule has 3 aliphatic rings. The number of rotatable bonds is 1. The Morgan fingerprint density at radius 2 is 1.92 bits per heavy atom. The smallest absolute Gasteiger partial charge is 0.231 e. The molecule has 0 fully saturated rings. The fraction of sp³-hybridized carbons (Fsp3) is 0.263. The van der Waals surface area contributed by atoms with Gasteiger partial charge in [0.05, 0.1) is 12.3 Å². The number of nitrogens with one attached hydrogen (secondary N) is 1. The van der Waals surface area contributed by atoms with Gasteiger partial charge in [0.2, 0.25) is 6.79 Å². The van der Waals surface area contributed by atoms with Crippen molar-refractivity contribution in [3.05, 3.63) is 45.8 Å². The molecule has 2 aromatic carbocycles. The molecule has 3 heterocycles. The van der Waals surface area contributed by atoms with Crippen molar-refractivity contribution in [3.8, 4) is 23.0 Å². The second-order valence-corrected chi connectivity index (χ2v) is 6.54. The lowest BCUT2D eigenvalue weighted by Gasteiger charge is -2.34. The zero-order chi connectivity index (χ0) is 17.1. The fourth-order valence-electron chi connectivity index (χ4n) is 4.01. The molecule has 3 unspecified atom stereocenters. The molecule has 0 bridgehead atoms. The van der Waals surface area contributed by atoms with Crippen molar-refractivity contribution < 1.29 is 29.3 Å². The van der Waals surface area contributed by atoms with Crippen LogP contribution in [0.2, 0.25) is 0 Å². The van der Waals surface area contributed by atoms with E-state index in [-0.39, 0.29) is 18.6 Å². The average molecular weight is 340 g/mol. The molecular formula is C19H18NO5+. The Balaban J connectivity index is 1.73. The monoisotopic (exact) mass is 340 g/mol. The normalized spacial score (nSPS) is 25.1. The number of methoxy groups -OCH3 is 1. The number of hydrogen-bond acceptors (Lipinski definition) is 5. The number of phenolic OH excluding ortho intramolecular Hbond substituents is 1. The second-order valence-electron chi connectivity index (χ2n) is 6.54. The minimum absolute atomic E-state index is 0.0645. The highest BCUT2D eigenvalue weighted by molar-refractivity contribution is 5.56. The first-order valence-electron chi connectivity index (χ1n) is 8.22. The lowest BCUT2D eigenvalue weighted by atomic mass is 9.88. The highest BCUT2D eigenvalue weighted by Gasteiger charge is 2.37. The Morgan fingerprint density at radius 1 is 1.16 bits per heavy atom. The number of aromatic hydroxyl groups is 1. The highest BCUT2D eigenvalue weighted by atomic mass is 16.7. The minimum Gasteiger partial charge on any atom is -0.504 e. The molecule has 5 rings (SSSR count). The average Bonchev–Trinajstić information content (AvgIpc) is 3.07. The van der Waals surface area contributed by atoms with Gasteiger partial charge in [-0.15, -0.1) is 0 Å². The molecule has 3 atom stereocenters. The number of quaternary nitrogens is 1. The third kappa shape index (κ3) is 2.04. The zero-order valence-electron chi connectivity index (χ0n) is 13.7. The summed E-state index contributed by atoms with van der Waals surface area (Å²) in [7, 11) is 1.55. The number of aliphatic hydroxyl groups is 1. The van der Waals surface area contributed by atoms with Crippen LogP contribution >= 0.6 is 0 Å². The van der Waals surface area contributed by atoms with Crippen LogP contribution in [0.4, 0.5) is 0 Å². The van der Waals surface area contributed by atoms with Gasteiger partial charge >= 0.3 is 0 Å². The van der Waals surface area contributed by atoms with Crippen LogP contribution in [0.1, 0.15) is 23.3 Å². The lowest BCUT2D eigenvalue weighted by Crippen LogP contribution is -3.09. The summed E-state index contributed by atoms with van der Waals surface area (Å²) in [5, 5.41) is 22.5. The summed E-state index contributed by atoms with van der Waals surface area (Å²) in [6.45, 7) is 0.747. The van der Waals surface area contributed by atoms with Gasteiger partial charge in [0.15, 0.2) is 23.0 Å². The van der Waals surface area contributed by atoms with E-state index in [1.54, 1.807) is 13.2 Å². The van der Waals surface area contributed by atoms with E-state index >= 15 is 0 Å². The summed E-state index contributed by atoms with van der Waals surface area (Å²) >= 11 is 0. The Morgan fingerprint density at radius 3 is 2.68 bits per heavy atom. The van der Waals surface area contributed by atoms with Gasteiger partial charge in [-0.05, 0) is 35.1 Å². The SMILES string of the molecule is COc1c(O)ccc2c1=C[NH+]1CC(O)c3cc4c(cc3C1C=2)OCO4. The molecule has 25 heavy (non-hydrogen) atoms. The van der Waals surface area contributed by atoms with E-state index in [0.717, 1.165) is 32.2 Å². The number of fused-ring (bicyclic) bond motifs is 5. The van der Waals surface area contributed by atoms with Gasteiger partial charge in [-0.1, -0.05) is 6.07 Å². The first-order chi connectivity index (χ1) is 12.2. The Kier molecular flexibility index (Phi) is 3.01. The molecule has 0 spiro atoms. The van der Waals surface area contributed by atoms with Gasteiger partial charge in [0, 0.05) is 5.56 Å². The van der Waals surface area contributed by atoms with Gasteiger partial charge in [-0.2, -0.15) is 0 Å². The van der Waals surface area contributed by atoms with Crippen molar-refractivity contribution in [3.63, 3.8) is 0 Å². The van der Waals surface area contributed by atoms with Crippen molar-refractivity contribution in [1.82, 2.24) is 0 Å². The van der Waals surface area contributed by atoms with E-state index < -0.39 is 6.10 Å². The molecule has 2 aromatic rings. The van der Waals surface area contributed by atoms with Gasteiger partial charge in [0.1, 0.15) is 24.9 Å². The molecule has 3 aliphatic heterocycles. The largest absolute Gasteiger partial charge is 0.504 e. The Labute approximate surface area is 143 Å². The fourth-order valence-corrected chi connectivity index (χ4v) is 4.01. The maximum absolute atomic E-state index is 10.6. The molecule has 6 heteroatoms. The predicted molar refractivity (Wildman–Crippen MR) is 88.9 cm³/mol.